The van der Waals surface area contributed by atoms with Crippen molar-refractivity contribution in [2.24, 2.45) is 0 Å². The summed E-state index contributed by atoms with van der Waals surface area (Å²) in [5.41, 5.74) is 3.32. The van der Waals surface area contributed by atoms with E-state index in [0.29, 0.717) is 21.8 Å². The van der Waals surface area contributed by atoms with Crippen molar-refractivity contribution in [1.82, 2.24) is 15.2 Å². The predicted molar refractivity (Wildman–Crippen MR) is 125 cm³/mol. The first-order valence-electron chi connectivity index (χ1n) is 10.5. The molecule has 3 aromatic rings. The number of thiazole rings is 1. The molecule has 4 amide bonds. The van der Waals surface area contributed by atoms with Crippen molar-refractivity contribution in [3.05, 3.63) is 81.3 Å². The number of carbonyl (C=O) groups is 4. The zero-order chi connectivity index (χ0) is 24.1. The summed E-state index contributed by atoms with van der Waals surface area (Å²) in [6.45, 7) is 1.99. The molecule has 9 nitrogen and oxygen atoms in total. The average molecular weight is 479 g/mol. The molecule has 0 bridgehead atoms. The van der Waals surface area contributed by atoms with Crippen LogP contribution in [0.15, 0.2) is 53.9 Å². The van der Waals surface area contributed by atoms with E-state index in [1.165, 1.54) is 11.3 Å². The first-order valence-corrected chi connectivity index (χ1v) is 11.4. The van der Waals surface area contributed by atoms with Crippen LogP contribution in [0.3, 0.4) is 0 Å². The fourth-order valence-corrected chi connectivity index (χ4v) is 4.07. The van der Waals surface area contributed by atoms with Gasteiger partial charge < -0.3 is 15.4 Å². The van der Waals surface area contributed by atoms with E-state index in [9.17, 15) is 19.2 Å². The average Bonchev–Trinajstić information content (AvgIpc) is 3.40. The molecule has 10 heteroatoms. The van der Waals surface area contributed by atoms with Gasteiger partial charge in [0.1, 0.15) is 11.6 Å². The Hall–Kier alpha value is -4.05. The van der Waals surface area contributed by atoms with Crippen LogP contribution in [0.25, 0.3) is 0 Å². The summed E-state index contributed by atoms with van der Waals surface area (Å²) >= 11 is 1.32. The van der Waals surface area contributed by atoms with Gasteiger partial charge in [0.2, 0.25) is 11.8 Å². The summed E-state index contributed by atoms with van der Waals surface area (Å²) < 4.78 is 5.35. The lowest BCUT2D eigenvalue weighted by Crippen LogP contribution is -2.30. The van der Waals surface area contributed by atoms with E-state index < -0.39 is 12.0 Å². The highest BCUT2D eigenvalue weighted by Gasteiger charge is 2.28. The summed E-state index contributed by atoms with van der Waals surface area (Å²) in [7, 11) is 0. The van der Waals surface area contributed by atoms with Gasteiger partial charge >= 0.3 is 12.0 Å². The summed E-state index contributed by atoms with van der Waals surface area (Å²) in [5.74, 6) is -1.04. The Bertz CT molecular complexity index is 1220. The van der Waals surface area contributed by atoms with Gasteiger partial charge in [-0.15, -0.1) is 11.3 Å². The highest BCUT2D eigenvalue weighted by molar-refractivity contribution is 7.09. The Morgan fingerprint density at radius 2 is 1.97 bits per heavy atom. The monoisotopic (exact) mass is 478 g/mol. The zero-order valence-corrected chi connectivity index (χ0v) is 19.2. The molecular weight excluding hydrogens is 456 g/mol. The lowest BCUT2D eigenvalue weighted by molar-refractivity contribution is -0.125. The summed E-state index contributed by atoms with van der Waals surface area (Å²) in [6, 6.07) is 13.6. The molecular formula is C24H22N4O5S. The number of hydrogen-bond acceptors (Lipinski definition) is 7. The number of aryl methyl sites for hydroxylation is 1. The standard InChI is InChI=1S/C24H22N4O5S/c1-15-5-7-18(8-6-15)26-20(29)10-21-27-19(14-34-21)13-33-23(31)17-4-2-3-16(9-17)12-28-22(30)11-25-24(28)32/h2-9,14H,10-13H2,1H3,(H,25,32)(H,26,29). The zero-order valence-electron chi connectivity index (χ0n) is 18.4. The normalized spacial score (nSPS) is 13.0. The molecule has 1 aromatic heterocycles. The SMILES string of the molecule is Cc1ccc(NC(=O)Cc2nc(COC(=O)c3cccc(CN4C(=O)CNC4=O)c3)cs2)cc1. The number of nitrogens with zero attached hydrogens (tertiary/aromatic N) is 2. The summed E-state index contributed by atoms with van der Waals surface area (Å²) in [4.78, 5) is 53.7. The Balaban J connectivity index is 1.29. The van der Waals surface area contributed by atoms with Crippen molar-refractivity contribution in [3.63, 3.8) is 0 Å². The van der Waals surface area contributed by atoms with Crippen molar-refractivity contribution in [3.8, 4) is 0 Å². The van der Waals surface area contributed by atoms with E-state index >= 15 is 0 Å². The van der Waals surface area contributed by atoms with Crippen molar-refractivity contribution in [2.75, 3.05) is 11.9 Å². The lowest BCUT2D eigenvalue weighted by atomic mass is 10.1. The van der Waals surface area contributed by atoms with Crippen molar-refractivity contribution in [1.29, 1.82) is 0 Å². The van der Waals surface area contributed by atoms with Crippen molar-refractivity contribution >= 4 is 40.8 Å². The molecule has 1 aliphatic rings. The Kier molecular flexibility index (Phi) is 6.98. The Morgan fingerprint density at radius 3 is 2.71 bits per heavy atom. The van der Waals surface area contributed by atoms with Gasteiger partial charge in [-0.1, -0.05) is 29.8 Å². The number of ether oxygens (including phenoxy) is 1. The third-order valence-corrected chi connectivity index (χ3v) is 5.94. The van der Waals surface area contributed by atoms with Gasteiger partial charge in [-0.05, 0) is 36.8 Å². The molecule has 0 saturated carbocycles. The number of carbonyl (C=O) groups excluding carboxylic acids is 4. The van der Waals surface area contributed by atoms with Gasteiger partial charge in [-0.3, -0.25) is 14.5 Å². The number of nitrogens with one attached hydrogen (secondary N) is 2. The van der Waals surface area contributed by atoms with Crippen molar-refractivity contribution < 1.29 is 23.9 Å². The Labute approximate surface area is 199 Å². The number of imide groups is 1. The van der Waals surface area contributed by atoms with Gasteiger partial charge in [0.15, 0.2) is 0 Å². The third-order valence-electron chi connectivity index (χ3n) is 5.04. The number of benzene rings is 2. The number of urea groups is 1. The maximum Gasteiger partial charge on any atom is 0.338 e. The topological polar surface area (TPSA) is 118 Å². The minimum Gasteiger partial charge on any atom is -0.456 e. The molecule has 1 saturated heterocycles. The molecule has 1 fully saturated rings. The minimum absolute atomic E-state index is 0.0240. The van der Waals surface area contributed by atoms with Gasteiger partial charge in [0.25, 0.3) is 0 Å². The number of esters is 1. The molecule has 2 N–H and O–H groups in total. The fourth-order valence-electron chi connectivity index (χ4n) is 3.29. The fraction of sp³-hybridized carbons (Fsp3) is 0.208. The van der Waals surface area contributed by atoms with E-state index in [0.717, 1.165) is 16.2 Å². The maximum atomic E-state index is 12.5. The smallest absolute Gasteiger partial charge is 0.338 e. The second kappa shape index (κ2) is 10.3. The molecule has 0 unspecified atom stereocenters. The van der Waals surface area contributed by atoms with Crippen LogP contribution in [0.1, 0.15) is 32.2 Å². The molecule has 0 aliphatic carbocycles. The molecule has 0 radical (unpaired) electrons. The molecule has 34 heavy (non-hydrogen) atoms. The van der Waals surface area contributed by atoms with Crippen LogP contribution >= 0.6 is 11.3 Å². The molecule has 4 rings (SSSR count). The third kappa shape index (κ3) is 5.84. The van der Waals surface area contributed by atoms with Crippen LogP contribution in [-0.4, -0.2) is 40.2 Å². The molecule has 2 heterocycles. The van der Waals surface area contributed by atoms with Crippen LogP contribution < -0.4 is 10.6 Å². The Morgan fingerprint density at radius 1 is 1.18 bits per heavy atom. The minimum atomic E-state index is -0.550. The van der Waals surface area contributed by atoms with E-state index in [-0.39, 0.29) is 37.9 Å². The predicted octanol–water partition coefficient (Wildman–Crippen LogP) is 3.04. The molecule has 0 atom stereocenters. The second-order valence-electron chi connectivity index (χ2n) is 7.74. The van der Waals surface area contributed by atoms with E-state index in [4.69, 9.17) is 4.74 Å². The second-order valence-corrected chi connectivity index (χ2v) is 8.68. The van der Waals surface area contributed by atoms with Gasteiger partial charge in [0, 0.05) is 11.1 Å². The van der Waals surface area contributed by atoms with Crippen LogP contribution in [0.4, 0.5) is 10.5 Å². The van der Waals surface area contributed by atoms with E-state index in [2.05, 4.69) is 15.6 Å². The quantitative estimate of drug-likeness (QED) is 0.380. The first kappa shape index (κ1) is 23.1. The largest absolute Gasteiger partial charge is 0.456 e. The number of hydrogen-bond donors (Lipinski definition) is 2. The molecule has 1 aliphatic heterocycles. The van der Waals surface area contributed by atoms with Gasteiger partial charge in [0.05, 0.1) is 30.8 Å². The number of amides is 4. The van der Waals surface area contributed by atoms with Crippen LogP contribution in [0.2, 0.25) is 0 Å². The summed E-state index contributed by atoms with van der Waals surface area (Å²) in [6.07, 6.45) is 0.122. The van der Waals surface area contributed by atoms with Crippen LogP contribution in [-0.2, 0) is 33.9 Å². The van der Waals surface area contributed by atoms with Crippen LogP contribution in [0.5, 0.6) is 0 Å². The highest BCUT2D eigenvalue weighted by Crippen LogP contribution is 2.16. The lowest BCUT2D eigenvalue weighted by Gasteiger charge is -2.13. The number of aromatic nitrogens is 1. The maximum absolute atomic E-state index is 12.5. The van der Waals surface area contributed by atoms with E-state index in [1.807, 2.05) is 31.2 Å². The first-order chi connectivity index (χ1) is 16.4. The molecule has 2 aromatic carbocycles. The van der Waals surface area contributed by atoms with E-state index in [1.54, 1.807) is 29.6 Å². The van der Waals surface area contributed by atoms with Crippen LogP contribution in [0, 0.1) is 6.92 Å². The summed E-state index contributed by atoms with van der Waals surface area (Å²) in [5, 5.41) is 7.65. The number of rotatable bonds is 8. The van der Waals surface area contributed by atoms with Gasteiger partial charge in [-0.25, -0.2) is 14.6 Å². The number of anilines is 1. The molecule has 174 valence electrons. The molecule has 0 spiro atoms. The highest BCUT2D eigenvalue weighted by atomic mass is 32.1. The van der Waals surface area contributed by atoms with Crippen molar-refractivity contribution in [2.45, 2.75) is 26.5 Å². The van der Waals surface area contributed by atoms with Gasteiger partial charge in [-0.2, -0.15) is 0 Å².